The molecule has 49 heavy (non-hydrogen) atoms. The monoisotopic (exact) mass is 705 g/mol. The van der Waals surface area contributed by atoms with Gasteiger partial charge in [0.25, 0.3) is 0 Å². The summed E-state index contributed by atoms with van der Waals surface area (Å²) in [7, 11) is -2.87. The van der Waals surface area contributed by atoms with Crippen molar-refractivity contribution in [1.29, 1.82) is 0 Å². The van der Waals surface area contributed by atoms with Crippen LogP contribution in [-0.2, 0) is 35.2 Å². The van der Waals surface area contributed by atoms with Crippen LogP contribution < -0.4 is 25.4 Å². The number of aliphatic hydroxyl groups excluding tert-OH is 1. The maximum Gasteiger partial charge on any atom is 0.407 e. The van der Waals surface area contributed by atoms with E-state index in [9.17, 15) is 23.1 Å². The molecule has 0 aliphatic carbocycles. The molecule has 2 saturated heterocycles. The molecule has 0 radical (unpaired) electrons. The Morgan fingerprint density at radius 1 is 1.00 bits per heavy atom. The highest BCUT2D eigenvalue weighted by molar-refractivity contribution is 7.92. The first kappa shape index (κ1) is 36.6. The summed E-state index contributed by atoms with van der Waals surface area (Å²) in [4.78, 5) is 25.1. The van der Waals surface area contributed by atoms with Crippen molar-refractivity contribution in [2.75, 3.05) is 46.6 Å². The van der Waals surface area contributed by atoms with Crippen LogP contribution in [0.25, 0.3) is 0 Å². The maximum atomic E-state index is 13.7. The van der Waals surface area contributed by atoms with E-state index in [0.29, 0.717) is 50.7 Å². The summed E-state index contributed by atoms with van der Waals surface area (Å²) in [5, 5.41) is 18.6. The zero-order valence-electron chi connectivity index (χ0n) is 28.1. The molecule has 2 amide bonds. The standard InChI is InChI=1S/C34H47N3O11S/c1-34(2,13-11-30(37-32(39)43-3)49(41,42)23-9-10-27-28(18-23)45-16-15-44-27)21-35-19-26(38)25(17-22-7-5-4-6-8-22)36-33(40)48-29-20-47-31-24(29)12-14-46-31/h4-10,18,24-26,29-31,35,38H,11-17,19-21H2,1-3H3,(H,36,40)(H,37,39)/t24-,25-,26-,29-,30?,31+/m0/s1. The van der Waals surface area contributed by atoms with Gasteiger partial charge in [0.2, 0.25) is 0 Å². The van der Waals surface area contributed by atoms with Crippen LogP contribution in [0, 0.1) is 11.3 Å². The van der Waals surface area contributed by atoms with Gasteiger partial charge < -0.3 is 49.5 Å². The quantitative estimate of drug-likeness (QED) is 0.213. The van der Waals surface area contributed by atoms with Gasteiger partial charge in [0.1, 0.15) is 24.7 Å². The zero-order chi connectivity index (χ0) is 35.0. The van der Waals surface area contributed by atoms with Crippen LogP contribution in [0.15, 0.2) is 53.4 Å². The van der Waals surface area contributed by atoms with E-state index in [-0.39, 0.29) is 36.7 Å². The SMILES string of the molecule is COC(=O)NC(CCC(C)(C)CNC[C@H](O)[C@H](Cc1ccccc1)NC(=O)O[C@H]1CO[C@H]2OCC[C@H]21)S(=O)(=O)c1ccc2c(c1)OCCO2. The number of amides is 2. The first-order chi connectivity index (χ1) is 23.4. The Morgan fingerprint density at radius 3 is 2.51 bits per heavy atom. The highest BCUT2D eigenvalue weighted by atomic mass is 32.2. The van der Waals surface area contributed by atoms with Gasteiger partial charge in [-0.1, -0.05) is 44.2 Å². The van der Waals surface area contributed by atoms with Gasteiger partial charge in [0.05, 0.1) is 43.3 Å². The Morgan fingerprint density at radius 2 is 1.76 bits per heavy atom. The predicted molar refractivity (Wildman–Crippen MR) is 177 cm³/mol. The van der Waals surface area contributed by atoms with Crippen LogP contribution in [0.1, 0.15) is 38.7 Å². The lowest BCUT2D eigenvalue weighted by Crippen LogP contribution is -2.50. The number of carbonyl (C=O) groups excluding carboxylic acids is 2. The minimum Gasteiger partial charge on any atom is -0.486 e. The number of fused-ring (bicyclic) bond motifs is 2. The van der Waals surface area contributed by atoms with E-state index in [1.54, 1.807) is 6.07 Å². The number of hydrogen-bond donors (Lipinski definition) is 4. The molecule has 5 rings (SSSR count). The largest absolute Gasteiger partial charge is 0.486 e. The van der Waals surface area contributed by atoms with Gasteiger partial charge >= 0.3 is 12.2 Å². The van der Waals surface area contributed by atoms with E-state index in [2.05, 4.69) is 16.0 Å². The fraction of sp³-hybridized carbons (Fsp3) is 0.588. The van der Waals surface area contributed by atoms with E-state index in [4.69, 9.17) is 28.4 Å². The molecule has 270 valence electrons. The molecule has 0 bridgehead atoms. The molecule has 2 fully saturated rings. The number of rotatable bonds is 15. The molecular formula is C34H47N3O11S. The number of hydrogen-bond acceptors (Lipinski definition) is 12. The third kappa shape index (κ3) is 9.75. The van der Waals surface area contributed by atoms with Crippen LogP contribution in [0.2, 0.25) is 0 Å². The normalized spacial score (nSPS) is 22.0. The molecule has 3 heterocycles. The van der Waals surface area contributed by atoms with Crippen LogP contribution >= 0.6 is 0 Å². The summed E-state index contributed by atoms with van der Waals surface area (Å²) < 4.78 is 60.0. The van der Waals surface area contributed by atoms with Crippen LogP contribution in [-0.4, -0.2) is 102 Å². The smallest absolute Gasteiger partial charge is 0.407 e. The van der Waals surface area contributed by atoms with Gasteiger partial charge in [0.15, 0.2) is 27.6 Å². The molecule has 0 saturated carbocycles. The van der Waals surface area contributed by atoms with Crippen LogP contribution in [0.3, 0.4) is 0 Å². The number of methoxy groups -OCH3 is 1. The number of benzene rings is 2. The molecule has 14 nitrogen and oxygen atoms in total. The maximum absolute atomic E-state index is 13.7. The van der Waals surface area contributed by atoms with Crippen molar-refractivity contribution < 1.29 is 51.5 Å². The van der Waals surface area contributed by atoms with E-state index in [0.717, 1.165) is 12.0 Å². The second-order valence-electron chi connectivity index (χ2n) is 13.3. The number of aliphatic hydroxyl groups is 1. The Labute approximate surface area is 287 Å². The van der Waals surface area contributed by atoms with Gasteiger partial charge in [-0.15, -0.1) is 0 Å². The predicted octanol–water partition coefficient (Wildman–Crippen LogP) is 2.77. The summed E-state index contributed by atoms with van der Waals surface area (Å²) in [5.74, 6) is 0.771. The second-order valence-corrected chi connectivity index (χ2v) is 15.4. The second kappa shape index (κ2) is 16.4. The lowest BCUT2D eigenvalue weighted by atomic mass is 9.87. The Balaban J connectivity index is 1.17. The lowest BCUT2D eigenvalue weighted by Gasteiger charge is -2.30. The molecule has 3 aliphatic heterocycles. The Hall–Kier alpha value is -3.63. The third-order valence-corrected chi connectivity index (χ3v) is 11.0. The average Bonchev–Trinajstić information content (AvgIpc) is 3.71. The highest BCUT2D eigenvalue weighted by Gasteiger charge is 2.44. The Bertz CT molecular complexity index is 1520. The van der Waals surface area contributed by atoms with Crippen molar-refractivity contribution in [2.45, 2.75) is 74.3 Å². The minimum absolute atomic E-state index is 0.00819. The number of carbonyl (C=O) groups is 2. The zero-order valence-corrected chi connectivity index (χ0v) is 28.9. The number of sulfone groups is 1. The number of alkyl carbamates (subject to hydrolysis) is 2. The summed E-state index contributed by atoms with van der Waals surface area (Å²) in [6, 6.07) is 13.2. The van der Waals surface area contributed by atoms with E-state index in [1.807, 2.05) is 44.2 Å². The Kier molecular flexibility index (Phi) is 12.3. The molecule has 4 N–H and O–H groups in total. The average molecular weight is 706 g/mol. The number of ether oxygens (including phenoxy) is 6. The van der Waals surface area contributed by atoms with E-state index < -0.39 is 51.1 Å². The fourth-order valence-corrected chi connectivity index (χ4v) is 7.73. The summed E-state index contributed by atoms with van der Waals surface area (Å²) in [6.07, 6.45) is -1.64. The molecule has 6 atom stereocenters. The van der Waals surface area contributed by atoms with Crippen molar-refractivity contribution in [3.63, 3.8) is 0 Å². The first-order valence-electron chi connectivity index (χ1n) is 16.6. The lowest BCUT2D eigenvalue weighted by molar-refractivity contribution is -0.0907. The van der Waals surface area contributed by atoms with Crippen molar-refractivity contribution >= 4 is 22.0 Å². The fourth-order valence-electron chi connectivity index (χ4n) is 6.19. The summed E-state index contributed by atoms with van der Waals surface area (Å²) in [6.45, 7) is 5.96. The third-order valence-electron chi connectivity index (χ3n) is 9.03. The van der Waals surface area contributed by atoms with E-state index in [1.165, 1.54) is 19.2 Å². The van der Waals surface area contributed by atoms with Gasteiger partial charge in [0, 0.05) is 19.2 Å². The topological polar surface area (TPSA) is 180 Å². The van der Waals surface area contributed by atoms with Crippen molar-refractivity contribution in [1.82, 2.24) is 16.0 Å². The van der Waals surface area contributed by atoms with Crippen molar-refractivity contribution in [3.05, 3.63) is 54.1 Å². The molecule has 0 aromatic heterocycles. The van der Waals surface area contributed by atoms with Crippen LogP contribution in [0.4, 0.5) is 9.59 Å². The van der Waals surface area contributed by atoms with Gasteiger partial charge in [-0.2, -0.15) is 0 Å². The highest BCUT2D eigenvalue weighted by Crippen LogP contribution is 2.35. The number of nitrogens with one attached hydrogen (secondary N) is 3. The van der Waals surface area contributed by atoms with Gasteiger partial charge in [-0.3, -0.25) is 0 Å². The van der Waals surface area contributed by atoms with Gasteiger partial charge in [-0.05, 0) is 48.8 Å². The molecule has 15 heteroatoms. The van der Waals surface area contributed by atoms with Crippen molar-refractivity contribution in [3.8, 4) is 11.5 Å². The van der Waals surface area contributed by atoms with E-state index >= 15 is 0 Å². The molecule has 2 aromatic carbocycles. The summed E-state index contributed by atoms with van der Waals surface area (Å²) in [5.41, 5.74) is 0.478. The van der Waals surface area contributed by atoms with Gasteiger partial charge in [-0.25, -0.2) is 18.0 Å². The first-order valence-corrected chi connectivity index (χ1v) is 18.1. The molecule has 0 spiro atoms. The van der Waals surface area contributed by atoms with Crippen LogP contribution in [0.5, 0.6) is 11.5 Å². The molecule has 3 aliphatic rings. The molecule has 2 aromatic rings. The molecule has 1 unspecified atom stereocenters. The summed E-state index contributed by atoms with van der Waals surface area (Å²) >= 11 is 0. The molecular weight excluding hydrogens is 658 g/mol. The van der Waals surface area contributed by atoms with Crippen molar-refractivity contribution in [2.24, 2.45) is 11.3 Å². The minimum atomic E-state index is -4.04.